The lowest BCUT2D eigenvalue weighted by atomic mass is 10.2. The first-order valence-corrected chi connectivity index (χ1v) is 8.28. The molecule has 2 fully saturated rings. The van der Waals surface area contributed by atoms with E-state index in [1.54, 1.807) is 11.3 Å². The van der Waals surface area contributed by atoms with Crippen LogP contribution in [0.2, 0.25) is 0 Å². The summed E-state index contributed by atoms with van der Waals surface area (Å²) in [6.45, 7) is 3.82. The Morgan fingerprint density at radius 3 is 3.38 bits per heavy atom. The Morgan fingerprint density at radius 2 is 2.43 bits per heavy atom. The smallest absolute Gasteiger partial charge is 0.223 e. The van der Waals surface area contributed by atoms with Gasteiger partial charge in [0.2, 0.25) is 5.95 Å². The summed E-state index contributed by atoms with van der Waals surface area (Å²) in [6.07, 6.45) is 2.79. The number of nitrogens with one attached hydrogen (secondary N) is 1. The minimum atomic E-state index is 0.212. The lowest BCUT2D eigenvalue weighted by Crippen LogP contribution is -2.48. The quantitative estimate of drug-likeness (QED) is 0.896. The van der Waals surface area contributed by atoms with Crippen LogP contribution in [0.3, 0.4) is 0 Å². The number of rotatable bonds is 3. The molecule has 21 heavy (non-hydrogen) atoms. The van der Waals surface area contributed by atoms with Gasteiger partial charge in [0.05, 0.1) is 18.1 Å². The second-order valence-corrected chi connectivity index (χ2v) is 6.59. The first kappa shape index (κ1) is 13.2. The lowest BCUT2D eigenvalue weighted by Gasteiger charge is -2.35. The molecular formula is C14H19N5OS. The lowest BCUT2D eigenvalue weighted by molar-refractivity contribution is -0.0415. The van der Waals surface area contributed by atoms with Crippen molar-refractivity contribution in [3.63, 3.8) is 0 Å². The number of nitrogens with zero attached hydrogens (tertiary/aromatic N) is 3. The summed E-state index contributed by atoms with van der Waals surface area (Å²) in [7, 11) is 0. The van der Waals surface area contributed by atoms with Crippen LogP contribution in [0.25, 0.3) is 10.2 Å². The summed E-state index contributed by atoms with van der Waals surface area (Å²) in [4.78, 5) is 12.0. The van der Waals surface area contributed by atoms with Crippen LogP contribution in [-0.4, -0.2) is 53.3 Å². The number of morpholine rings is 1. The van der Waals surface area contributed by atoms with Gasteiger partial charge in [-0.25, -0.2) is 4.98 Å². The minimum Gasteiger partial charge on any atom is -0.373 e. The van der Waals surface area contributed by atoms with E-state index >= 15 is 0 Å². The molecule has 0 radical (unpaired) electrons. The molecule has 4 heterocycles. The maximum Gasteiger partial charge on any atom is 0.223 e. The summed E-state index contributed by atoms with van der Waals surface area (Å²) in [5.74, 6) is 1.13. The molecule has 6 nitrogen and oxygen atoms in total. The first-order chi connectivity index (χ1) is 10.3. The predicted octanol–water partition coefficient (Wildman–Crippen LogP) is 1.55. The normalized spacial score (nSPS) is 26.1. The molecule has 7 heteroatoms. The van der Waals surface area contributed by atoms with E-state index < -0.39 is 0 Å². The molecule has 2 atom stereocenters. The Bertz CT molecular complexity index is 645. The molecule has 2 aromatic rings. The molecule has 2 aliphatic rings. The number of nitrogens with two attached hydrogens (primary N) is 1. The van der Waals surface area contributed by atoms with E-state index in [-0.39, 0.29) is 6.10 Å². The highest BCUT2D eigenvalue weighted by atomic mass is 32.1. The highest BCUT2D eigenvalue weighted by Crippen LogP contribution is 2.26. The minimum absolute atomic E-state index is 0.212. The zero-order valence-electron chi connectivity index (χ0n) is 11.8. The van der Waals surface area contributed by atoms with Gasteiger partial charge in [0.1, 0.15) is 10.6 Å². The highest BCUT2D eigenvalue weighted by Gasteiger charge is 2.32. The van der Waals surface area contributed by atoms with Crippen LogP contribution in [0, 0.1) is 0 Å². The molecular weight excluding hydrogens is 286 g/mol. The van der Waals surface area contributed by atoms with E-state index in [4.69, 9.17) is 10.5 Å². The van der Waals surface area contributed by atoms with Crippen LogP contribution >= 0.6 is 11.3 Å². The van der Waals surface area contributed by atoms with Gasteiger partial charge >= 0.3 is 0 Å². The van der Waals surface area contributed by atoms with Crippen molar-refractivity contribution in [2.24, 2.45) is 0 Å². The van der Waals surface area contributed by atoms with Gasteiger partial charge in [0, 0.05) is 19.1 Å². The summed E-state index contributed by atoms with van der Waals surface area (Å²) < 4.78 is 5.96. The van der Waals surface area contributed by atoms with Gasteiger partial charge in [0.15, 0.2) is 0 Å². The number of anilines is 2. The second kappa shape index (κ2) is 5.40. The summed E-state index contributed by atoms with van der Waals surface area (Å²) >= 11 is 1.58. The fraction of sp³-hybridized carbons (Fsp3) is 0.571. The zero-order chi connectivity index (χ0) is 14.2. The molecule has 4 rings (SSSR count). The zero-order valence-corrected chi connectivity index (χ0v) is 12.6. The van der Waals surface area contributed by atoms with Crippen molar-refractivity contribution in [3.8, 4) is 0 Å². The fourth-order valence-electron chi connectivity index (χ4n) is 3.23. The molecule has 0 spiro atoms. The van der Waals surface area contributed by atoms with E-state index in [9.17, 15) is 0 Å². The molecule has 0 saturated carbocycles. The molecule has 0 amide bonds. The third-order valence-corrected chi connectivity index (χ3v) is 5.11. The Hall–Kier alpha value is -1.44. The van der Waals surface area contributed by atoms with Crippen LogP contribution < -0.4 is 11.1 Å². The van der Waals surface area contributed by atoms with Crippen LogP contribution in [0.15, 0.2) is 11.4 Å². The number of aromatic nitrogens is 2. The molecule has 2 aromatic heterocycles. The van der Waals surface area contributed by atoms with E-state index in [2.05, 4.69) is 20.2 Å². The number of thiophene rings is 1. The van der Waals surface area contributed by atoms with Crippen molar-refractivity contribution >= 4 is 33.3 Å². The molecule has 0 aromatic carbocycles. The number of ether oxygens (including phenoxy) is 1. The van der Waals surface area contributed by atoms with Crippen molar-refractivity contribution < 1.29 is 4.74 Å². The highest BCUT2D eigenvalue weighted by molar-refractivity contribution is 7.16. The van der Waals surface area contributed by atoms with Gasteiger partial charge in [-0.15, -0.1) is 11.3 Å². The maximum absolute atomic E-state index is 5.96. The molecule has 2 unspecified atom stereocenters. The monoisotopic (exact) mass is 305 g/mol. The summed E-state index contributed by atoms with van der Waals surface area (Å²) in [5.41, 5.74) is 5.77. The second-order valence-electron chi connectivity index (χ2n) is 5.70. The standard InChI is InChI=1S/C14H19N5OS/c15-14-17-12(11-3-5-21-13(11)18-14)16-6-10-7-19-4-1-2-9(19)8-20-10/h3,5,9-10H,1-2,4,6-8H2,(H3,15,16,17,18). The molecule has 112 valence electrons. The van der Waals surface area contributed by atoms with Crippen molar-refractivity contribution in [2.45, 2.75) is 25.0 Å². The van der Waals surface area contributed by atoms with Gasteiger partial charge in [-0.3, -0.25) is 4.90 Å². The van der Waals surface area contributed by atoms with Crippen molar-refractivity contribution in [2.75, 3.05) is 37.3 Å². The first-order valence-electron chi connectivity index (χ1n) is 7.40. The summed E-state index contributed by atoms with van der Waals surface area (Å²) in [6, 6.07) is 2.67. The number of fused-ring (bicyclic) bond motifs is 2. The van der Waals surface area contributed by atoms with Gasteiger partial charge < -0.3 is 15.8 Å². The average molecular weight is 305 g/mol. The summed E-state index contributed by atoms with van der Waals surface area (Å²) in [5, 5.41) is 6.43. The fourth-order valence-corrected chi connectivity index (χ4v) is 4.00. The van der Waals surface area contributed by atoms with Crippen LogP contribution in [0.1, 0.15) is 12.8 Å². The van der Waals surface area contributed by atoms with Gasteiger partial charge in [-0.2, -0.15) is 4.98 Å². The topological polar surface area (TPSA) is 76.3 Å². The van der Waals surface area contributed by atoms with Gasteiger partial charge in [0.25, 0.3) is 0 Å². The third kappa shape index (κ3) is 2.56. The Kier molecular flexibility index (Phi) is 3.40. The van der Waals surface area contributed by atoms with E-state index in [0.717, 1.165) is 35.7 Å². The number of hydrogen-bond acceptors (Lipinski definition) is 7. The van der Waals surface area contributed by atoms with Gasteiger partial charge in [-0.1, -0.05) is 0 Å². The van der Waals surface area contributed by atoms with Crippen LogP contribution in [0.4, 0.5) is 11.8 Å². The molecule has 0 bridgehead atoms. The van der Waals surface area contributed by atoms with E-state index in [0.29, 0.717) is 12.0 Å². The number of nitrogen functional groups attached to an aromatic ring is 1. The van der Waals surface area contributed by atoms with Gasteiger partial charge in [-0.05, 0) is 30.8 Å². The average Bonchev–Trinajstić information content (AvgIpc) is 3.12. The van der Waals surface area contributed by atoms with Crippen molar-refractivity contribution in [3.05, 3.63) is 11.4 Å². The third-order valence-electron chi connectivity index (χ3n) is 4.30. The molecule has 3 N–H and O–H groups in total. The Morgan fingerprint density at radius 1 is 1.48 bits per heavy atom. The largest absolute Gasteiger partial charge is 0.373 e. The molecule has 2 saturated heterocycles. The van der Waals surface area contributed by atoms with Crippen molar-refractivity contribution in [1.29, 1.82) is 0 Å². The Balaban J connectivity index is 1.45. The van der Waals surface area contributed by atoms with Crippen LogP contribution in [0.5, 0.6) is 0 Å². The SMILES string of the molecule is Nc1nc(NCC2CN3CCCC3CO2)c2ccsc2n1. The van der Waals surface area contributed by atoms with Crippen LogP contribution in [-0.2, 0) is 4.74 Å². The van der Waals surface area contributed by atoms with E-state index in [1.165, 1.54) is 19.4 Å². The number of hydrogen-bond donors (Lipinski definition) is 2. The van der Waals surface area contributed by atoms with Crippen molar-refractivity contribution in [1.82, 2.24) is 14.9 Å². The molecule has 2 aliphatic heterocycles. The molecule has 0 aliphatic carbocycles. The predicted molar refractivity (Wildman–Crippen MR) is 84.7 cm³/mol. The Labute approximate surface area is 127 Å². The van der Waals surface area contributed by atoms with E-state index in [1.807, 2.05) is 11.4 Å². The maximum atomic E-state index is 5.96.